The lowest BCUT2D eigenvalue weighted by Crippen LogP contribution is -2.03. The van der Waals surface area contributed by atoms with Crippen LogP contribution >= 0.6 is 24.2 Å². The molecule has 0 unspecified atom stereocenters. The molecule has 0 bridgehead atoms. The van der Waals surface area contributed by atoms with Crippen molar-refractivity contribution in [3.05, 3.63) is 0 Å². The van der Waals surface area contributed by atoms with Gasteiger partial charge in [0.1, 0.15) is 0 Å². The third-order valence-electron chi connectivity index (χ3n) is 0.661. The van der Waals surface area contributed by atoms with Crippen LogP contribution in [0.1, 0.15) is 6.92 Å². The molecule has 1 nitrogen and oxygen atoms in total. The Morgan fingerprint density at radius 2 is 2.43 bits per heavy atom. The molecule has 0 aliphatic rings. The van der Waals surface area contributed by atoms with Gasteiger partial charge in [-0.3, -0.25) is 4.79 Å². The van der Waals surface area contributed by atoms with Crippen LogP contribution in [0.25, 0.3) is 0 Å². The number of carbonyl (C=O) groups excluding carboxylic acids is 1. The van der Waals surface area contributed by atoms with E-state index in [2.05, 4.69) is 12.6 Å². The Hall–Kier alpha value is 0.310. The highest BCUT2D eigenvalue weighted by Crippen LogP contribution is 2.00. The lowest BCUT2D eigenvalue weighted by Gasteiger charge is -1.95. The molecular weight excluding hydrogens is 132 g/mol. The van der Waals surface area contributed by atoms with Crippen LogP contribution in [-0.2, 0) is 4.79 Å². The quantitative estimate of drug-likeness (QED) is 0.450. The van der Waals surface area contributed by atoms with Gasteiger partial charge in [0.2, 0.25) is 5.24 Å². The fourth-order valence-corrected chi connectivity index (χ4v) is 0.422. The molecule has 0 fully saturated rings. The molecule has 1 atom stereocenters. The molecule has 0 aromatic rings. The SMILES string of the molecule is C[C@@H](CS)C(=O)Cl. The Morgan fingerprint density at radius 1 is 2.00 bits per heavy atom. The molecule has 0 aliphatic heterocycles. The minimum atomic E-state index is -0.310. The zero-order valence-corrected chi connectivity index (χ0v) is 5.67. The van der Waals surface area contributed by atoms with E-state index in [0.29, 0.717) is 5.75 Å². The van der Waals surface area contributed by atoms with Gasteiger partial charge in [0.25, 0.3) is 0 Å². The minimum Gasteiger partial charge on any atom is -0.281 e. The molecule has 0 heterocycles. The largest absolute Gasteiger partial charge is 0.281 e. The average Bonchev–Trinajstić information content (AvgIpc) is 1.65. The smallest absolute Gasteiger partial charge is 0.225 e. The second-order valence-electron chi connectivity index (χ2n) is 1.39. The summed E-state index contributed by atoms with van der Waals surface area (Å²) in [5.74, 6) is 0.424. The Balaban J connectivity index is 3.34. The van der Waals surface area contributed by atoms with Gasteiger partial charge >= 0.3 is 0 Å². The maximum Gasteiger partial charge on any atom is 0.225 e. The van der Waals surface area contributed by atoms with Gasteiger partial charge in [-0.05, 0) is 11.6 Å². The van der Waals surface area contributed by atoms with Crippen molar-refractivity contribution >= 4 is 29.5 Å². The number of halogens is 1. The van der Waals surface area contributed by atoms with Crippen LogP contribution in [0.15, 0.2) is 0 Å². The number of rotatable bonds is 2. The van der Waals surface area contributed by atoms with E-state index in [1.807, 2.05) is 0 Å². The highest BCUT2D eigenvalue weighted by molar-refractivity contribution is 7.80. The predicted octanol–water partition coefficient (Wildman–Crippen LogP) is 1.32. The number of hydrogen-bond donors (Lipinski definition) is 1. The van der Waals surface area contributed by atoms with Crippen molar-refractivity contribution in [1.82, 2.24) is 0 Å². The van der Waals surface area contributed by atoms with Gasteiger partial charge in [0.05, 0.1) is 0 Å². The zero-order chi connectivity index (χ0) is 5.86. The summed E-state index contributed by atoms with van der Waals surface area (Å²) in [5.41, 5.74) is 0. The van der Waals surface area contributed by atoms with Crippen molar-refractivity contribution in [3.8, 4) is 0 Å². The third-order valence-corrected chi connectivity index (χ3v) is 1.58. The van der Waals surface area contributed by atoms with Gasteiger partial charge in [0.15, 0.2) is 0 Å². The minimum absolute atomic E-state index is 0.106. The Bertz CT molecular complexity index is 74.1. The summed E-state index contributed by atoms with van der Waals surface area (Å²) in [4.78, 5) is 10.1. The summed E-state index contributed by atoms with van der Waals surface area (Å²) in [6, 6.07) is 0. The fraction of sp³-hybridized carbons (Fsp3) is 0.750. The molecule has 3 heteroatoms. The van der Waals surface area contributed by atoms with E-state index < -0.39 is 0 Å². The second-order valence-corrected chi connectivity index (χ2v) is 2.13. The van der Waals surface area contributed by atoms with Crippen LogP contribution in [-0.4, -0.2) is 11.0 Å². The Kier molecular flexibility index (Phi) is 3.48. The van der Waals surface area contributed by atoms with Crippen LogP contribution in [0.3, 0.4) is 0 Å². The topological polar surface area (TPSA) is 17.1 Å². The Morgan fingerprint density at radius 3 is 2.43 bits per heavy atom. The number of carbonyl (C=O) groups is 1. The summed E-state index contributed by atoms with van der Waals surface area (Å²) in [6.45, 7) is 1.74. The van der Waals surface area contributed by atoms with E-state index in [1.54, 1.807) is 6.92 Å². The van der Waals surface area contributed by atoms with E-state index >= 15 is 0 Å². The molecule has 0 aromatic carbocycles. The highest BCUT2D eigenvalue weighted by Gasteiger charge is 2.04. The summed E-state index contributed by atoms with van der Waals surface area (Å²) >= 11 is 8.89. The lowest BCUT2D eigenvalue weighted by atomic mass is 10.3. The van der Waals surface area contributed by atoms with Crippen molar-refractivity contribution < 1.29 is 4.79 Å². The average molecular weight is 139 g/mol. The van der Waals surface area contributed by atoms with Crippen LogP contribution in [0.4, 0.5) is 0 Å². The molecule has 7 heavy (non-hydrogen) atoms. The summed E-state index contributed by atoms with van der Waals surface area (Å²) in [6.07, 6.45) is 0. The highest BCUT2D eigenvalue weighted by atomic mass is 35.5. The molecule has 0 aromatic heterocycles. The van der Waals surface area contributed by atoms with Crippen molar-refractivity contribution in [3.63, 3.8) is 0 Å². The number of thiol groups is 1. The first kappa shape index (κ1) is 7.31. The molecule has 0 radical (unpaired) electrons. The van der Waals surface area contributed by atoms with E-state index in [1.165, 1.54) is 0 Å². The molecule has 0 N–H and O–H groups in total. The summed E-state index contributed by atoms with van der Waals surface area (Å²) in [7, 11) is 0. The van der Waals surface area contributed by atoms with Gasteiger partial charge < -0.3 is 0 Å². The maximum atomic E-state index is 10.1. The van der Waals surface area contributed by atoms with Crippen LogP contribution in [0.2, 0.25) is 0 Å². The van der Waals surface area contributed by atoms with Gasteiger partial charge in [-0.2, -0.15) is 12.6 Å². The van der Waals surface area contributed by atoms with E-state index in [9.17, 15) is 4.79 Å². The third kappa shape index (κ3) is 2.94. The van der Waals surface area contributed by atoms with Crippen molar-refractivity contribution in [2.45, 2.75) is 6.92 Å². The zero-order valence-electron chi connectivity index (χ0n) is 4.02. The predicted molar refractivity (Wildman–Crippen MR) is 33.9 cm³/mol. The van der Waals surface area contributed by atoms with Crippen LogP contribution in [0, 0.1) is 5.92 Å². The van der Waals surface area contributed by atoms with Crippen LogP contribution < -0.4 is 0 Å². The molecular formula is C4H7ClOS. The van der Waals surface area contributed by atoms with E-state index in [0.717, 1.165) is 0 Å². The van der Waals surface area contributed by atoms with Crippen molar-refractivity contribution in [2.75, 3.05) is 5.75 Å². The first-order chi connectivity index (χ1) is 3.18. The molecule has 42 valence electrons. The van der Waals surface area contributed by atoms with Crippen molar-refractivity contribution in [1.29, 1.82) is 0 Å². The summed E-state index contributed by atoms with van der Waals surface area (Å²) in [5, 5.41) is -0.310. The monoisotopic (exact) mass is 138 g/mol. The Labute approximate surface area is 53.5 Å². The molecule has 0 amide bonds. The number of hydrogen-bond acceptors (Lipinski definition) is 2. The standard InChI is InChI=1S/C4H7ClOS/c1-3(2-7)4(5)6/h3,7H,2H2,1H3/t3-/m0/s1. The molecule has 0 rings (SSSR count). The van der Waals surface area contributed by atoms with Gasteiger partial charge in [-0.1, -0.05) is 6.92 Å². The normalized spacial score (nSPS) is 13.6. The van der Waals surface area contributed by atoms with Gasteiger partial charge in [0, 0.05) is 11.7 Å². The molecule has 0 spiro atoms. The second kappa shape index (κ2) is 3.33. The first-order valence-corrected chi connectivity index (χ1v) is 2.99. The van der Waals surface area contributed by atoms with E-state index in [4.69, 9.17) is 11.6 Å². The lowest BCUT2D eigenvalue weighted by molar-refractivity contribution is -0.114. The van der Waals surface area contributed by atoms with Crippen LogP contribution in [0.5, 0.6) is 0 Å². The molecule has 0 saturated carbocycles. The fourth-order valence-electron chi connectivity index (χ4n) is 0.0718. The molecule has 0 saturated heterocycles. The first-order valence-electron chi connectivity index (χ1n) is 1.98. The summed E-state index contributed by atoms with van der Waals surface area (Å²) < 4.78 is 0. The van der Waals surface area contributed by atoms with Crippen molar-refractivity contribution in [2.24, 2.45) is 5.92 Å². The molecule has 0 aliphatic carbocycles. The van der Waals surface area contributed by atoms with Gasteiger partial charge in [-0.15, -0.1) is 0 Å². The van der Waals surface area contributed by atoms with E-state index in [-0.39, 0.29) is 11.2 Å². The maximum absolute atomic E-state index is 10.1. The van der Waals surface area contributed by atoms with Gasteiger partial charge in [-0.25, -0.2) is 0 Å².